The molecule has 7 nitrogen and oxygen atoms in total. The normalized spacial score (nSPS) is 27.2. The predicted molar refractivity (Wildman–Crippen MR) is 74.3 cm³/mol. The number of rotatable bonds is 3. The minimum absolute atomic E-state index is 0.0852. The van der Waals surface area contributed by atoms with Gasteiger partial charge in [-0.15, -0.1) is 0 Å². The molecular formula is C10H17ClN2O5S2. The summed E-state index contributed by atoms with van der Waals surface area (Å²) in [7, 11) is -1.65. The fourth-order valence-electron chi connectivity index (χ4n) is 2.72. The zero-order chi connectivity index (χ0) is 15.1. The molecule has 0 aromatic carbocycles. The van der Waals surface area contributed by atoms with E-state index in [0.29, 0.717) is 25.9 Å². The average molecular weight is 345 g/mol. The lowest BCUT2D eigenvalue weighted by atomic mass is 10.1. The highest BCUT2D eigenvalue weighted by atomic mass is 35.7. The van der Waals surface area contributed by atoms with Crippen molar-refractivity contribution in [2.45, 2.75) is 30.6 Å². The highest BCUT2D eigenvalue weighted by Crippen LogP contribution is 2.27. The van der Waals surface area contributed by atoms with Gasteiger partial charge in [0.2, 0.25) is 25.0 Å². The Bertz CT molecular complexity index is 595. The van der Waals surface area contributed by atoms with Gasteiger partial charge in [-0.3, -0.25) is 4.79 Å². The van der Waals surface area contributed by atoms with Crippen molar-refractivity contribution >= 4 is 35.7 Å². The maximum atomic E-state index is 11.9. The van der Waals surface area contributed by atoms with E-state index in [9.17, 15) is 21.6 Å². The molecule has 0 aromatic rings. The van der Waals surface area contributed by atoms with Gasteiger partial charge in [-0.2, -0.15) is 0 Å². The molecule has 2 saturated heterocycles. The molecule has 1 amide bonds. The van der Waals surface area contributed by atoms with E-state index < -0.39 is 24.3 Å². The minimum Gasteiger partial charge on any atom is -0.338 e. The Labute approximate surface area is 123 Å². The van der Waals surface area contributed by atoms with Gasteiger partial charge in [0.05, 0.1) is 6.26 Å². The van der Waals surface area contributed by atoms with Crippen molar-refractivity contribution in [1.82, 2.24) is 9.21 Å². The predicted octanol–water partition coefficient (Wildman–Crippen LogP) is -0.420. The quantitative estimate of drug-likeness (QED) is 0.648. The summed E-state index contributed by atoms with van der Waals surface area (Å²) in [5.74, 6) is -0.225. The standard InChI is InChI=1S/C10H17ClN2O5S2/c1-19(15,16)12-4-2-8(3-5-12)13-7-9(6-10(13)14)20(11,17)18/h8-9H,2-7H2,1H3. The molecule has 0 N–H and O–H groups in total. The van der Waals surface area contributed by atoms with Crippen LogP contribution < -0.4 is 0 Å². The molecule has 0 saturated carbocycles. The lowest BCUT2D eigenvalue weighted by Gasteiger charge is -2.35. The summed E-state index contributed by atoms with van der Waals surface area (Å²) in [6.45, 7) is 0.811. The summed E-state index contributed by atoms with van der Waals surface area (Å²) in [6, 6.07) is -0.107. The van der Waals surface area contributed by atoms with E-state index in [0.717, 1.165) is 6.26 Å². The maximum absolute atomic E-state index is 11.9. The Balaban J connectivity index is 2.00. The summed E-state index contributed by atoms with van der Waals surface area (Å²) in [5, 5.41) is -0.857. The van der Waals surface area contributed by atoms with Crippen molar-refractivity contribution in [2.75, 3.05) is 25.9 Å². The molecule has 0 radical (unpaired) electrons. The molecule has 0 aromatic heterocycles. The Hall–Kier alpha value is -0.380. The van der Waals surface area contributed by atoms with E-state index >= 15 is 0 Å². The van der Waals surface area contributed by atoms with Gasteiger partial charge in [-0.05, 0) is 12.8 Å². The highest BCUT2D eigenvalue weighted by Gasteiger charge is 2.41. The monoisotopic (exact) mass is 344 g/mol. The first kappa shape index (κ1) is 16.0. The van der Waals surface area contributed by atoms with Crippen LogP contribution in [0.3, 0.4) is 0 Å². The van der Waals surface area contributed by atoms with Crippen LogP contribution in [0.15, 0.2) is 0 Å². The topological polar surface area (TPSA) is 91.8 Å². The van der Waals surface area contributed by atoms with Crippen LogP contribution in [0.4, 0.5) is 0 Å². The number of hydrogen-bond acceptors (Lipinski definition) is 5. The van der Waals surface area contributed by atoms with Gasteiger partial charge in [-0.1, -0.05) is 0 Å². The third kappa shape index (κ3) is 3.44. The van der Waals surface area contributed by atoms with Crippen molar-refractivity contribution in [3.63, 3.8) is 0 Å². The van der Waals surface area contributed by atoms with E-state index in [1.807, 2.05) is 0 Å². The minimum atomic E-state index is -3.74. The largest absolute Gasteiger partial charge is 0.338 e. The lowest BCUT2D eigenvalue weighted by molar-refractivity contribution is -0.130. The van der Waals surface area contributed by atoms with Crippen LogP contribution in [0.2, 0.25) is 0 Å². The van der Waals surface area contributed by atoms with Crippen molar-refractivity contribution in [2.24, 2.45) is 0 Å². The average Bonchev–Trinajstić information content (AvgIpc) is 2.70. The third-order valence-corrected chi connectivity index (χ3v) is 7.03. The molecule has 2 aliphatic heterocycles. The second kappa shape index (κ2) is 5.43. The Morgan fingerprint density at radius 1 is 1.15 bits per heavy atom. The zero-order valence-corrected chi connectivity index (χ0v) is 13.4. The molecule has 0 spiro atoms. The smallest absolute Gasteiger partial charge is 0.237 e. The van der Waals surface area contributed by atoms with Crippen LogP contribution in [0, 0.1) is 0 Å². The SMILES string of the molecule is CS(=O)(=O)N1CCC(N2CC(S(=O)(=O)Cl)CC2=O)CC1. The molecule has 0 bridgehead atoms. The molecule has 0 aliphatic carbocycles. The van der Waals surface area contributed by atoms with E-state index in [1.165, 1.54) is 9.21 Å². The van der Waals surface area contributed by atoms with Gasteiger partial charge in [0.15, 0.2) is 0 Å². The third-order valence-electron chi connectivity index (χ3n) is 3.85. The Morgan fingerprint density at radius 2 is 1.70 bits per heavy atom. The van der Waals surface area contributed by atoms with Gasteiger partial charge in [0, 0.05) is 42.8 Å². The summed E-state index contributed by atoms with van der Waals surface area (Å²) in [4.78, 5) is 13.4. The number of piperidine rings is 1. The molecule has 1 unspecified atom stereocenters. The lowest BCUT2D eigenvalue weighted by Crippen LogP contribution is -2.47. The molecule has 2 aliphatic rings. The molecule has 2 rings (SSSR count). The molecule has 2 fully saturated rings. The summed E-state index contributed by atoms with van der Waals surface area (Å²) in [5.41, 5.74) is 0. The number of halogens is 1. The van der Waals surface area contributed by atoms with Crippen molar-refractivity contribution in [3.05, 3.63) is 0 Å². The van der Waals surface area contributed by atoms with E-state index in [-0.39, 0.29) is 24.9 Å². The Kier molecular flexibility index (Phi) is 4.35. The maximum Gasteiger partial charge on any atom is 0.237 e. The number of carbonyl (C=O) groups is 1. The van der Waals surface area contributed by atoms with Crippen molar-refractivity contribution < 1.29 is 21.6 Å². The van der Waals surface area contributed by atoms with E-state index in [2.05, 4.69) is 0 Å². The van der Waals surface area contributed by atoms with Crippen molar-refractivity contribution in [1.29, 1.82) is 0 Å². The second-order valence-electron chi connectivity index (χ2n) is 5.24. The van der Waals surface area contributed by atoms with Gasteiger partial charge < -0.3 is 4.90 Å². The molecule has 10 heteroatoms. The number of nitrogens with zero attached hydrogens (tertiary/aromatic N) is 2. The molecule has 20 heavy (non-hydrogen) atoms. The number of carbonyl (C=O) groups excluding carboxylic acids is 1. The van der Waals surface area contributed by atoms with Gasteiger partial charge >= 0.3 is 0 Å². The molecular weight excluding hydrogens is 328 g/mol. The van der Waals surface area contributed by atoms with E-state index in [4.69, 9.17) is 10.7 Å². The molecule has 116 valence electrons. The number of amides is 1. The zero-order valence-electron chi connectivity index (χ0n) is 11.0. The van der Waals surface area contributed by atoms with Crippen LogP contribution >= 0.6 is 10.7 Å². The number of hydrogen-bond donors (Lipinski definition) is 0. The first-order valence-electron chi connectivity index (χ1n) is 6.27. The summed E-state index contributed by atoms with van der Waals surface area (Å²) >= 11 is 0. The fourth-order valence-corrected chi connectivity index (χ4v) is 4.64. The fraction of sp³-hybridized carbons (Fsp3) is 0.900. The van der Waals surface area contributed by atoms with Gasteiger partial charge in [-0.25, -0.2) is 21.1 Å². The van der Waals surface area contributed by atoms with Gasteiger partial charge in [0.1, 0.15) is 5.25 Å². The number of sulfonamides is 1. The van der Waals surface area contributed by atoms with Crippen LogP contribution in [-0.4, -0.2) is 69.1 Å². The summed E-state index contributed by atoms with van der Waals surface area (Å²) in [6.07, 6.45) is 2.12. The molecule has 2 heterocycles. The highest BCUT2D eigenvalue weighted by molar-refractivity contribution is 8.14. The van der Waals surface area contributed by atoms with Crippen LogP contribution in [0.5, 0.6) is 0 Å². The van der Waals surface area contributed by atoms with Crippen LogP contribution in [0.1, 0.15) is 19.3 Å². The second-order valence-corrected chi connectivity index (χ2v) is 10.1. The molecule has 1 atom stereocenters. The van der Waals surface area contributed by atoms with Crippen LogP contribution in [-0.2, 0) is 23.9 Å². The van der Waals surface area contributed by atoms with Gasteiger partial charge in [0.25, 0.3) is 0 Å². The van der Waals surface area contributed by atoms with E-state index in [1.54, 1.807) is 0 Å². The first-order chi connectivity index (χ1) is 9.09. The first-order valence-corrected chi connectivity index (χ1v) is 10.5. The summed E-state index contributed by atoms with van der Waals surface area (Å²) < 4.78 is 46.8. The Morgan fingerprint density at radius 3 is 2.10 bits per heavy atom. The van der Waals surface area contributed by atoms with Crippen LogP contribution in [0.25, 0.3) is 0 Å². The van der Waals surface area contributed by atoms with Crippen molar-refractivity contribution in [3.8, 4) is 0 Å². The number of likely N-dealkylation sites (tertiary alicyclic amines) is 1.